The van der Waals surface area contributed by atoms with E-state index in [1.54, 1.807) is 6.07 Å². The Morgan fingerprint density at radius 3 is 1.90 bits per heavy atom. The number of hydrogen-bond acceptors (Lipinski definition) is 2. The van der Waals surface area contributed by atoms with Gasteiger partial charge in [0.25, 0.3) is 0 Å². The van der Waals surface area contributed by atoms with Crippen molar-refractivity contribution >= 4 is 22.1 Å². The summed E-state index contributed by atoms with van der Waals surface area (Å²) in [5, 5.41) is 8.85. The van der Waals surface area contributed by atoms with E-state index < -0.39 is 30.1 Å². The molecule has 1 heterocycles. The van der Waals surface area contributed by atoms with Crippen LogP contribution in [0.15, 0.2) is 24.3 Å². The van der Waals surface area contributed by atoms with Gasteiger partial charge in [-0.05, 0) is 0 Å². The molecule has 1 aromatic heterocycles. The van der Waals surface area contributed by atoms with Crippen molar-refractivity contribution in [2.75, 3.05) is 0 Å². The van der Waals surface area contributed by atoms with E-state index in [2.05, 4.69) is 31.1 Å². The molecule has 0 spiro atoms. The van der Waals surface area contributed by atoms with E-state index in [4.69, 9.17) is 0 Å². The molecule has 0 atom stereocenters. The van der Waals surface area contributed by atoms with Crippen LogP contribution in [0, 0.1) is 6.92 Å². The fraction of sp³-hybridized carbons (Fsp3) is 0.636. The summed E-state index contributed by atoms with van der Waals surface area (Å²) in [6.45, 7) is 8.54. The zero-order chi connectivity index (χ0) is 21.5. The number of benzene rings is 1. The zero-order valence-electron chi connectivity index (χ0n) is 18.1. The molecule has 0 fully saturated rings. The molecule has 7 heteroatoms. The van der Waals surface area contributed by atoms with Gasteiger partial charge in [-0.3, -0.25) is 0 Å². The van der Waals surface area contributed by atoms with Crippen LogP contribution in [0.5, 0.6) is 0 Å². The van der Waals surface area contributed by atoms with Crippen molar-refractivity contribution in [1.82, 2.24) is 15.0 Å². The number of para-hydroxylation sites is 1. The molecule has 0 aliphatic carbocycles. The second kappa shape index (κ2) is 10.8. The number of aromatic nitrogens is 3. The van der Waals surface area contributed by atoms with Gasteiger partial charge in [0.1, 0.15) is 0 Å². The summed E-state index contributed by atoms with van der Waals surface area (Å²) in [5.74, 6) is 0. The van der Waals surface area contributed by atoms with Gasteiger partial charge < -0.3 is 0 Å². The van der Waals surface area contributed by atoms with E-state index >= 15 is 0 Å². The molecule has 0 unspecified atom stereocenters. The third-order valence-corrected chi connectivity index (χ3v) is 21.3. The zero-order valence-corrected chi connectivity index (χ0v) is 21.0. The van der Waals surface area contributed by atoms with E-state index in [-0.39, 0.29) is 5.69 Å². The summed E-state index contributed by atoms with van der Waals surface area (Å²) in [6, 6.07) is 5.67. The molecule has 0 radical (unpaired) electrons. The van der Waals surface area contributed by atoms with Gasteiger partial charge in [-0.1, -0.05) is 0 Å². The summed E-state index contributed by atoms with van der Waals surface area (Å²) in [4.78, 5) is 0. The standard InChI is InChI=1S/C10H7F3N3.3C4H9.Sn/c1-7-6-14-15-16(7)9-5-3-2-4-8(9)10(11,12)13;3*1-3-4-2;/h2-5H,1H3;3*1,3-4H2,2H3;. The van der Waals surface area contributed by atoms with Gasteiger partial charge in [-0.15, -0.1) is 0 Å². The summed E-state index contributed by atoms with van der Waals surface area (Å²) < 4.78 is 46.8. The van der Waals surface area contributed by atoms with Crippen LogP contribution in [0.25, 0.3) is 5.69 Å². The number of nitrogens with zero attached hydrogens (tertiary/aromatic N) is 3. The van der Waals surface area contributed by atoms with E-state index in [0.29, 0.717) is 0 Å². The van der Waals surface area contributed by atoms with Gasteiger partial charge in [0.15, 0.2) is 0 Å². The molecule has 3 nitrogen and oxygen atoms in total. The summed E-state index contributed by atoms with van der Waals surface area (Å²) in [5.41, 5.74) is 0.245. The Bertz CT molecular complexity index is 749. The van der Waals surface area contributed by atoms with Crippen LogP contribution in [0.2, 0.25) is 13.3 Å². The molecule has 0 aliphatic rings. The van der Waals surface area contributed by atoms with Gasteiger partial charge >= 0.3 is 177 Å². The predicted molar refractivity (Wildman–Crippen MR) is 116 cm³/mol. The van der Waals surface area contributed by atoms with Gasteiger partial charge in [0.05, 0.1) is 0 Å². The molecule has 1 aromatic carbocycles. The Hall–Kier alpha value is -1.05. The Balaban J connectivity index is 2.57. The molecule has 0 N–H and O–H groups in total. The molecule has 2 rings (SSSR count). The number of unbranched alkanes of at least 4 members (excludes halogenated alkanes) is 3. The van der Waals surface area contributed by atoms with Crippen molar-refractivity contribution in [2.24, 2.45) is 0 Å². The normalized spacial score (nSPS) is 12.5. The second-order valence-corrected chi connectivity index (χ2v) is 21.0. The van der Waals surface area contributed by atoms with Gasteiger partial charge in [-0.2, -0.15) is 0 Å². The number of hydrogen-bond donors (Lipinski definition) is 0. The third-order valence-electron chi connectivity index (χ3n) is 5.86. The van der Waals surface area contributed by atoms with Crippen LogP contribution >= 0.6 is 0 Å². The minimum absolute atomic E-state index is 0.0814. The summed E-state index contributed by atoms with van der Waals surface area (Å²) in [6.07, 6.45) is 2.53. The summed E-state index contributed by atoms with van der Waals surface area (Å²) in [7, 11) is 0. The number of halogens is 3. The topological polar surface area (TPSA) is 30.7 Å². The van der Waals surface area contributed by atoms with E-state index in [9.17, 15) is 13.2 Å². The van der Waals surface area contributed by atoms with Crippen molar-refractivity contribution < 1.29 is 13.2 Å². The molecule has 162 valence electrons. The first-order valence-corrected chi connectivity index (χ1v) is 18.4. The molecular weight excluding hydrogens is 482 g/mol. The molecule has 0 saturated heterocycles. The number of alkyl halides is 3. The van der Waals surface area contributed by atoms with Crippen LogP contribution in [0.4, 0.5) is 13.2 Å². The van der Waals surface area contributed by atoms with Crippen LogP contribution in [0.1, 0.15) is 70.6 Å². The Labute approximate surface area is 177 Å². The Morgan fingerprint density at radius 1 is 0.897 bits per heavy atom. The monoisotopic (exact) mass is 517 g/mol. The fourth-order valence-electron chi connectivity index (χ4n) is 4.22. The molecule has 29 heavy (non-hydrogen) atoms. The van der Waals surface area contributed by atoms with Crippen molar-refractivity contribution in [3.8, 4) is 5.69 Å². The van der Waals surface area contributed by atoms with E-state index in [1.165, 1.54) is 49.4 Å². The predicted octanol–water partition coefficient (Wildman–Crippen LogP) is 6.65. The molecular formula is C22H34F3N3Sn. The first kappa shape index (κ1) is 24.2. The first-order chi connectivity index (χ1) is 13.8. The average molecular weight is 516 g/mol. The number of rotatable bonds is 11. The van der Waals surface area contributed by atoms with E-state index in [1.807, 2.05) is 6.92 Å². The van der Waals surface area contributed by atoms with Crippen molar-refractivity contribution in [3.63, 3.8) is 0 Å². The average Bonchev–Trinajstić information content (AvgIpc) is 3.09. The fourth-order valence-corrected chi connectivity index (χ4v) is 20.4. The van der Waals surface area contributed by atoms with Crippen molar-refractivity contribution in [2.45, 2.75) is 85.7 Å². The molecule has 0 aliphatic heterocycles. The van der Waals surface area contributed by atoms with Gasteiger partial charge in [-0.25, -0.2) is 0 Å². The molecule has 0 bridgehead atoms. The third kappa shape index (κ3) is 5.76. The van der Waals surface area contributed by atoms with Gasteiger partial charge in [0.2, 0.25) is 0 Å². The molecule has 0 amide bonds. The van der Waals surface area contributed by atoms with Crippen LogP contribution in [0.3, 0.4) is 0 Å². The van der Waals surface area contributed by atoms with Crippen LogP contribution in [-0.4, -0.2) is 33.4 Å². The second-order valence-electron chi connectivity index (χ2n) is 8.04. The molecule has 2 aromatic rings. The summed E-state index contributed by atoms with van der Waals surface area (Å²) >= 11 is -2.86. The van der Waals surface area contributed by atoms with Crippen molar-refractivity contribution in [3.05, 3.63) is 35.5 Å². The van der Waals surface area contributed by atoms with E-state index in [0.717, 1.165) is 34.7 Å². The first-order valence-electron chi connectivity index (χ1n) is 10.9. The van der Waals surface area contributed by atoms with Crippen LogP contribution < -0.4 is 3.71 Å². The molecule has 0 saturated carbocycles. The van der Waals surface area contributed by atoms with Gasteiger partial charge in [0, 0.05) is 0 Å². The Morgan fingerprint density at radius 2 is 1.41 bits per heavy atom. The van der Waals surface area contributed by atoms with Crippen LogP contribution in [-0.2, 0) is 6.18 Å². The quantitative estimate of drug-likeness (QED) is 0.313. The maximum absolute atomic E-state index is 13.6. The maximum atomic E-state index is 13.6. The van der Waals surface area contributed by atoms with Crippen molar-refractivity contribution in [1.29, 1.82) is 0 Å². The Kier molecular flexibility index (Phi) is 9.04. The SMILES string of the molecule is CCC[CH2][Sn]([CH2]CCC)([CH2]CCC)[c]1nnn(-c2ccccc2C(F)(F)F)c1C. The minimum atomic E-state index is -4.41.